The zero-order chi connectivity index (χ0) is 17.0. The smallest absolute Gasteiger partial charge is 0.242 e. The van der Waals surface area contributed by atoms with E-state index in [0.717, 1.165) is 5.56 Å². The van der Waals surface area contributed by atoms with Crippen molar-refractivity contribution in [1.82, 2.24) is 19.8 Å². The summed E-state index contributed by atoms with van der Waals surface area (Å²) in [5.41, 5.74) is 0.834. The predicted molar refractivity (Wildman–Crippen MR) is 87.9 cm³/mol. The lowest BCUT2D eigenvalue weighted by atomic mass is 10.2. The van der Waals surface area contributed by atoms with Gasteiger partial charge in [0.1, 0.15) is 10.0 Å². The van der Waals surface area contributed by atoms with Crippen molar-refractivity contribution < 1.29 is 12.9 Å². The number of pyridine rings is 1. The third-order valence-electron chi connectivity index (χ3n) is 3.14. The molecule has 2 aromatic heterocycles. The van der Waals surface area contributed by atoms with Gasteiger partial charge in [-0.25, -0.2) is 18.1 Å². The molecule has 0 bridgehead atoms. The maximum Gasteiger partial charge on any atom is 0.242 e. The summed E-state index contributed by atoms with van der Waals surface area (Å²) in [6.07, 6.45) is 1.48. The molecule has 0 fully saturated rings. The predicted octanol–water partition coefficient (Wildman–Crippen LogP) is 2.31. The highest BCUT2D eigenvalue weighted by Gasteiger charge is 2.15. The first-order valence-electron chi connectivity index (χ1n) is 7.04. The van der Waals surface area contributed by atoms with E-state index in [4.69, 9.17) is 16.1 Å². The molecule has 0 atom stereocenters. The number of hydrogen-bond donors (Lipinski definition) is 1. The highest BCUT2D eigenvalue weighted by Crippen LogP contribution is 2.15. The zero-order valence-corrected chi connectivity index (χ0v) is 14.0. The van der Waals surface area contributed by atoms with E-state index < -0.39 is 10.0 Å². The van der Waals surface area contributed by atoms with Gasteiger partial charge in [0, 0.05) is 24.7 Å². The lowest BCUT2D eigenvalue weighted by Crippen LogP contribution is -2.26. The molecule has 0 saturated carbocycles. The summed E-state index contributed by atoms with van der Waals surface area (Å²) in [6, 6.07) is 12.2. The molecule has 2 heterocycles. The first-order chi connectivity index (χ1) is 11.5. The lowest BCUT2D eigenvalue weighted by Gasteiger charge is -2.04. The fourth-order valence-corrected chi connectivity index (χ4v) is 3.05. The molecule has 0 aliphatic heterocycles. The van der Waals surface area contributed by atoms with Gasteiger partial charge in [-0.15, -0.1) is 0 Å². The molecule has 9 heteroatoms. The van der Waals surface area contributed by atoms with Gasteiger partial charge in [-0.2, -0.15) is 4.98 Å². The minimum atomic E-state index is -3.65. The highest BCUT2D eigenvalue weighted by atomic mass is 35.5. The monoisotopic (exact) mass is 364 g/mol. The largest absolute Gasteiger partial charge is 0.339 e. The maximum atomic E-state index is 12.1. The summed E-state index contributed by atoms with van der Waals surface area (Å²) in [4.78, 5) is 8.04. The van der Waals surface area contributed by atoms with Crippen LogP contribution >= 0.6 is 11.6 Å². The molecule has 24 heavy (non-hydrogen) atoms. The van der Waals surface area contributed by atoms with Crippen LogP contribution in [0, 0.1) is 0 Å². The van der Waals surface area contributed by atoms with Crippen molar-refractivity contribution in [1.29, 1.82) is 0 Å². The zero-order valence-electron chi connectivity index (χ0n) is 12.4. The Hall–Kier alpha value is -2.29. The average molecular weight is 365 g/mol. The Balaban J connectivity index is 1.60. The molecule has 0 saturated heterocycles. The van der Waals surface area contributed by atoms with E-state index in [9.17, 15) is 8.42 Å². The van der Waals surface area contributed by atoms with Crippen LogP contribution in [0.3, 0.4) is 0 Å². The molecular formula is C15H13ClN4O3S. The van der Waals surface area contributed by atoms with E-state index in [2.05, 4.69) is 19.8 Å². The minimum absolute atomic E-state index is 0.0439. The summed E-state index contributed by atoms with van der Waals surface area (Å²) in [5.74, 6) is 0.821. The Morgan fingerprint density at radius 1 is 1.12 bits per heavy atom. The van der Waals surface area contributed by atoms with Crippen LogP contribution in [-0.4, -0.2) is 30.1 Å². The van der Waals surface area contributed by atoms with Crippen molar-refractivity contribution in [3.05, 3.63) is 59.7 Å². The fourth-order valence-electron chi connectivity index (χ4n) is 1.96. The van der Waals surface area contributed by atoms with Gasteiger partial charge in [-0.05, 0) is 12.1 Å². The molecule has 0 unspecified atom stereocenters. The van der Waals surface area contributed by atoms with Crippen LogP contribution < -0.4 is 4.72 Å². The molecule has 1 N–H and O–H groups in total. The summed E-state index contributed by atoms with van der Waals surface area (Å²) >= 11 is 5.65. The van der Waals surface area contributed by atoms with Crippen LogP contribution in [-0.2, 0) is 16.4 Å². The number of nitrogens with zero attached hydrogens (tertiary/aromatic N) is 3. The van der Waals surface area contributed by atoms with Crippen LogP contribution in [0.5, 0.6) is 0 Å². The Labute approximate surface area is 143 Å². The number of nitrogens with one attached hydrogen (secondary N) is 1. The van der Waals surface area contributed by atoms with E-state index in [-0.39, 0.29) is 23.0 Å². The average Bonchev–Trinajstić information content (AvgIpc) is 3.05. The fraction of sp³-hybridized carbons (Fsp3) is 0.133. The molecule has 1 aromatic carbocycles. The van der Waals surface area contributed by atoms with Gasteiger partial charge >= 0.3 is 0 Å². The van der Waals surface area contributed by atoms with E-state index in [1.807, 2.05) is 30.3 Å². The Morgan fingerprint density at radius 2 is 1.92 bits per heavy atom. The van der Waals surface area contributed by atoms with Crippen LogP contribution in [0.15, 0.2) is 58.1 Å². The molecule has 0 spiro atoms. The van der Waals surface area contributed by atoms with Crippen LogP contribution in [0.2, 0.25) is 5.15 Å². The highest BCUT2D eigenvalue weighted by molar-refractivity contribution is 7.89. The molecule has 3 aromatic rings. The normalized spacial score (nSPS) is 11.5. The summed E-state index contributed by atoms with van der Waals surface area (Å²) < 4.78 is 31.8. The van der Waals surface area contributed by atoms with Crippen molar-refractivity contribution in [3.63, 3.8) is 0 Å². The second-order valence-electron chi connectivity index (χ2n) is 4.84. The van der Waals surface area contributed by atoms with Gasteiger partial charge in [-0.1, -0.05) is 47.1 Å². The van der Waals surface area contributed by atoms with Gasteiger partial charge in [-0.3, -0.25) is 0 Å². The van der Waals surface area contributed by atoms with Crippen LogP contribution in [0.1, 0.15) is 5.89 Å². The Bertz CT molecular complexity index is 911. The molecule has 0 radical (unpaired) electrons. The molecule has 124 valence electrons. The van der Waals surface area contributed by atoms with Crippen LogP contribution in [0.4, 0.5) is 0 Å². The number of benzene rings is 1. The third-order valence-corrected chi connectivity index (χ3v) is 4.81. The SMILES string of the molecule is O=S(=O)(NCCc1nc(-c2ccccc2)no1)c1ccc(Cl)nc1. The van der Waals surface area contributed by atoms with Crippen molar-refractivity contribution >= 4 is 21.6 Å². The third kappa shape index (κ3) is 3.97. The van der Waals surface area contributed by atoms with Crippen molar-refractivity contribution in [2.24, 2.45) is 0 Å². The summed E-state index contributed by atoms with van der Waals surface area (Å²) in [7, 11) is -3.65. The molecule has 7 nitrogen and oxygen atoms in total. The Kier molecular flexibility index (Phi) is 4.89. The van der Waals surface area contributed by atoms with Gasteiger partial charge < -0.3 is 4.52 Å². The number of hydrogen-bond acceptors (Lipinski definition) is 6. The second kappa shape index (κ2) is 7.08. The molecule has 0 aliphatic rings. The number of aromatic nitrogens is 3. The maximum absolute atomic E-state index is 12.1. The first-order valence-corrected chi connectivity index (χ1v) is 8.90. The standard InChI is InChI=1S/C15H13ClN4O3S/c16-13-7-6-12(10-17-13)24(21,22)18-9-8-14-19-15(20-23-14)11-4-2-1-3-5-11/h1-7,10,18H,8-9H2. The summed E-state index contributed by atoms with van der Waals surface area (Å²) in [5, 5.41) is 4.11. The molecule has 3 rings (SSSR count). The number of rotatable bonds is 6. The van der Waals surface area contributed by atoms with Crippen molar-refractivity contribution in [2.75, 3.05) is 6.54 Å². The van der Waals surface area contributed by atoms with Crippen molar-refractivity contribution in [3.8, 4) is 11.4 Å². The van der Waals surface area contributed by atoms with Gasteiger partial charge in [0.2, 0.25) is 21.7 Å². The van der Waals surface area contributed by atoms with Gasteiger partial charge in [0.15, 0.2) is 0 Å². The Morgan fingerprint density at radius 3 is 2.62 bits per heavy atom. The van der Waals surface area contributed by atoms with E-state index >= 15 is 0 Å². The quantitative estimate of drug-likeness (QED) is 0.674. The first kappa shape index (κ1) is 16.6. The van der Waals surface area contributed by atoms with E-state index in [1.54, 1.807) is 0 Å². The summed E-state index contributed by atoms with van der Waals surface area (Å²) in [6.45, 7) is 0.126. The van der Waals surface area contributed by atoms with Gasteiger partial charge in [0.05, 0.1) is 0 Å². The number of sulfonamides is 1. The molecular weight excluding hydrogens is 352 g/mol. The van der Waals surface area contributed by atoms with E-state index in [1.165, 1.54) is 18.3 Å². The molecule has 0 aliphatic carbocycles. The second-order valence-corrected chi connectivity index (χ2v) is 7.00. The number of halogens is 1. The van der Waals surface area contributed by atoms with Gasteiger partial charge in [0.25, 0.3) is 0 Å². The lowest BCUT2D eigenvalue weighted by molar-refractivity contribution is 0.379. The van der Waals surface area contributed by atoms with Crippen molar-refractivity contribution in [2.45, 2.75) is 11.3 Å². The van der Waals surface area contributed by atoms with E-state index in [0.29, 0.717) is 11.7 Å². The van der Waals surface area contributed by atoms with Crippen LogP contribution in [0.25, 0.3) is 11.4 Å². The minimum Gasteiger partial charge on any atom is -0.339 e. The topological polar surface area (TPSA) is 98.0 Å². The molecule has 0 amide bonds.